The third-order valence-corrected chi connectivity index (χ3v) is 2.76. The number of carbonyl (C=O) groups is 1. The number of hydrogen-bond acceptors (Lipinski definition) is 2. The van der Waals surface area contributed by atoms with Crippen molar-refractivity contribution in [2.24, 2.45) is 5.92 Å². The summed E-state index contributed by atoms with van der Waals surface area (Å²) in [6, 6.07) is -0.0156. The second-order valence-corrected chi connectivity index (χ2v) is 3.83. The molecular weight excluding hydrogens is 178 g/mol. The molecule has 1 fully saturated rings. The third kappa shape index (κ3) is 1.78. The quantitative estimate of drug-likeness (QED) is 0.762. The van der Waals surface area contributed by atoms with Crippen molar-refractivity contribution in [3.05, 3.63) is 18.2 Å². The van der Waals surface area contributed by atoms with Crippen LogP contribution in [-0.4, -0.2) is 15.9 Å². The van der Waals surface area contributed by atoms with E-state index in [9.17, 15) is 4.79 Å². The summed E-state index contributed by atoms with van der Waals surface area (Å²) < 4.78 is 0. The highest BCUT2D eigenvalue weighted by molar-refractivity contribution is 5.79. The monoisotopic (exact) mass is 193 g/mol. The van der Waals surface area contributed by atoms with Gasteiger partial charge in [0.1, 0.15) is 5.82 Å². The summed E-state index contributed by atoms with van der Waals surface area (Å²) in [7, 11) is 0. The van der Waals surface area contributed by atoms with Gasteiger partial charge in [-0.25, -0.2) is 4.98 Å². The molecule has 1 unspecified atom stereocenters. The van der Waals surface area contributed by atoms with Crippen molar-refractivity contribution < 1.29 is 4.79 Å². The standard InChI is InChI=1S/C10H15N3O/c1-7(9-11-5-6-12-9)13-10(14)8-3-2-4-8/h5-8H,2-4H2,1H3,(H,11,12)(H,13,14). The molecule has 1 aromatic heterocycles. The first-order chi connectivity index (χ1) is 6.77. The van der Waals surface area contributed by atoms with Crippen LogP contribution in [0.3, 0.4) is 0 Å². The van der Waals surface area contributed by atoms with E-state index in [-0.39, 0.29) is 17.9 Å². The molecular formula is C10H15N3O. The molecule has 1 saturated carbocycles. The number of H-pyrrole nitrogens is 1. The highest BCUT2D eigenvalue weighted by Gasteiger charge is 2.26. The number of imidazole rings is 1. The van der Waals surface area contributed by atoms with E-state index in [0.717, 1.165) is 18.7 Å². The Morgan fingerprint density at radius 3 is 3.00 bits per heavy atom. The van der Waals surface area contributed by atoms with Gasteiger partial charge in [0, 0.05) is 18.3 Å². The number of aromatic nitrogens is 2. The molecule has 0 aromatic carbocycles. The molecule has 1 atom stereocenters. The van der Waals surface area contributed by atoms with E-state index in [2.05, 4.69) is 15.3 Å². The van der Waals surface area contributed by atoms with E-state index >= 15 is 0 Å². The highest BCUT2D eigenvalue weighted by Crippen LogP contribution is 2.26. The van der Waals surface area contributed by atoms with Crippen molar-refractivity contribution in [2.45, 2.75) is 32.2 Å². The lowest BCUT2D eigenvalue weighted by Crippen LogP contribution is -2.36. The minimum absolute atomic E-state index is 0.0156. The molecule has 0 radical (unpaired) electrons. The first kappa shape index (κ1) is 9.24. The lowest BCUT2D eigenvalue weighted by molar-refractivity contribution is -0.128. The van der Waals surface area contributed by atoms with Gasteiger partial charge < -0.3 is 10.3 Å². The fourth-order valence-electron chi connectivity index (χ4n) is 1.58. The predicted octanol–water partition coefficient (Wildman–Crippen LogP) is 1.39. The number of rotatable bonds is 3. The van der Waals surface area contributed by atoms with Gasteiger partial charge in [-0.2, -0.15) is 0 Å². The van der Waals surface area contributed by atoms with E-state index < -0.39 is 0 Å². The average molecular weight is 193 g/mol. The lowest BCUT2D eigenvalue weighted by atomic mass is 9.84. The molecule has 1 aliphatic carbocycles. The van der Waals surface area contributed by atoms with Crippen LogP contribution < -0.4 is 5.32 Å². The molecule has 0 spiro atoms. The maximum Gasteiger partial charge on any atom is 0.223 e. The zero-order chi connectivity index (χ0) is 9.97. The van der Waals surface area contributed by atoms with Crippen molar-refractivity contribution in [2.75, 3.05) is 0 Å². The number of aromatic amines is 1. The van der Waals surface area contributed by atoms with Crippen LogP contribution in [0.5, 0.6) is 0 Å². The molecule has 1 heterocycles. The molecule has 1 amide bonds. The second kappa shape index (κ2) is 3.82. The molecule has 2 N–H and O–H groups in total. The largest absolute Gasteiger partial charge is 0.347 e. The van der Waals surface area contributed by atoms with Gasteiger partial charge in [-0.1, -0.05) is 6.42 Å². The number of nitrogens with zero attached hydrogens (tertiary/aromatic N) is 1. The Morgan fingerprint density at radius 1 is 1.71 bits per heavy atom. The Bertz CT molecular complexity index is 303. The van der Waals surface area contributed by atoms with Crippen LogP contribution in [0, 0.1) is 5.92 Å². The molecule has 14 heavy (non-hydrogen) atoms. The number of hydrogen-bond donors (Lipinski definition) is 2. The minimum atomic E-state index is -0.0156. The van der Waals surface area contributed by atoms with Crippen molar-refractivity contribution in [1.82, 2.24) is 15.3 Å². The topological polar surface area (TPSA) is 57.8 Å². The summed E-state index contributed by atoms with van der Waals surface area (Å²) in [4.78, 5) is 18.7. The van der Waals surface area contributed by atoms with Crippen LogP contribution in [0.15, 0.2) is 12.4 Å². The molecule has 0 aliphatic heterocycles. The molecule has 1 aliphatic rings. The van der Waals surface area contributed by atoms with Gasteiger partial charge in [0.2, 0.25) is 5.91 Å². The SMILES string of the molecule is CC(NC(=O)C1CCC1)c1ncc[nH]1. The van der Waals surface area contributed by atoms with E-state index in [1.165, 1.54) is 6.42 Å². The zero-order valence-corrected chi connectivity index (χ0v) is 8.29. The molecule has 4 nitrogen and oxygen atoms in total. The van der Waals surface area contributed by atoms with Gasteiger partial charge >= 0.3 is 0 Å². The summed E-state index contributed by atoms with van der Waals surface area (Å²) in [6.45, 7) is 1.94. The van der Waals surface area contributed by atoms with Gasteiger partial charge in [-0.3, -0.25) is 4.79 Å². The van der Waals surface area contributed by atoms with Crippen LogP contribution in [0.4, 0.5) is 0 Å². The predicted molar refractivity (Wildman–Crippen MR) is 52.5 cm³/mol. The summed E-state index contributed by atoms with van der Waals surface area (Å²) in [5, 5.41) is 2.95. The van der Waals surface area contributed by atoms with Crippen LogP contribution in [0.2, 0.25) is 0 Å². The smallest absolute Gasteiger partial charge is 0.223 e. The Morgan fingerprint density at radius 2 is 2.50 bits per heavy atom. The van der Waals surface area contributed by atoms with Gasteiger partial charge in [0.05, 0.1) is 6.04 Å². The van der Waals surface area contributed by atoms with Gasteiger partial charge in [0.15, 0.2) is 0 Å². The number of nitrogens with one attached hydrogen (secondary N) is 2. The van der Waals surface area contributed by atoms with E-state index in [4.69, 9.17) is 0 Å². The molecule has 2 rings (SSSR count). The maximum absolute atomic E-state index is 11.6. The number of carbonyl (C=O) groups excluding carboxylic acids is 1. The van der Waals surface area contributed by atoms with Crippen molar-refractivity contribution in [1.29, 1.82) is 0 Å². The number of amides is 1. The van der Waals surface area contributed by atoms with E-state index in [0.29, 0.717) is 0 Å². The summed E-state index contributed by atoms with van der Waals surface area (Å²) in [6.07, 6.45) is 6.73. The van der Waals surface area contributed by atoms with Gasteiger partial charge in [0.25, 0.3) is 0 Å². The average Bonchev–Trinajstić information content (AvgIpc) is 2.51. The Hall–Kier alpha value is -1.32. The first-order valence-electron chi connectivity index (χ1n) is 5.07. The van der Waals surface area contributed by atoms with Crippen LogP contribution >= 0.6 is 0 Å². The molecule has 0 bridgehead atoms. The Kier molecular flexibility index (Phi) is 2.52. The van der Waals surface area contributed by atoms with E-state index in [1.807, 2.05) is 6.92 Å². The van der Waals surface area contributed by atoms with Gasteiger partial charge in [-0.05, 0) is 19.8 Å². The second-order valence-electron chi connectivity index (χ2n) is 3.83. The Labute approximate surface area is 83.1 Å². The highest BCUT2D eigenvalue weighted by atomic mass is 16.2. The minimum Gasteiger partial charge on any atom is -0.347 e. The maximum atomic E-state index is 11.6. The van der Waals surface area contributed by atoms with Crippen molar-refractivity contribution in [3.63, 3.8) is 0 Å². The van der Waals surface area contributed by atoms with Gasteiger partial charge in [-0.15, -0.1) is 0 Å². The lowest BCUT2D eigenvalue weighted by Gasteiger charge is -2.25. The first-order valence-corrected chi connectivity index (χ1v) is 5.07. The van der Waals surface area contributed by atoms with Crippen molar-refractivity contribution >= 4 is 5.91 Å². The summed E-state index contributed by atoms with van der Waals surface area (Å²) in [5.41, 5.74) is 0. The van der Waals surface area contributed by atoms with E-state index in [1.54, 1.807) is 12.4 Å². The summed E-state index contributed by atoms with van der Waals surface area (Å²) in [5.74, 6) is 1.23. The summed E-state index contributed by atoms with van der Waals surface area (Å²) >= 11 is 0. The Balaban J connectivity index is 1.87. The molecule has 1 aromatic rings. The van der Waals surface area contributed by atoms with Crippen LogP contribution in [0.25, 0.3) is 0 Å². The zero-order valence-electron chi connectivity index (χ0n) is 8.29. The molecule has 0 saturated heterocycles. The third-order valence-electron chi connectivity index (χ3n) is 2.76. The van der Waals surface area contributed by atoms with Crippen molar-refractivity contribution in [3.8, 4) is 0 Å². The van der Waals surface area contributed by atoms with Crippen LogP contribution in [-0.2, 0) is 4.79 Å². The van der Waals surface area contributed by atoms with Crippen LogP contribution in [0.1, 0.15) is 38.1 Å². The fourth-order valence-corrected chi connectivity index (χ4v) is 1.58. The molecule has 76 valence electrons. The fraction of sp³-hybridized carbons (Fsp3) is 0.600. The molecule has 4 heteroatoms. The normalized spacial score (nSPS) is 18.6.